The first-order chi connectivity index (χ1) is 7.46. The minimum absolute atomic E-state index is 0.280. The third-order valence-electron chi connectivity index (χ3n) is 3.07. The van der Waals surface area contributed by atoms with E-state index in [1.807, 2.05) is 20.9 Å². The van der Waals surface area contributed by atoms with E-state index in [4.69, 9.17) is 22.1 Å². The number of nitrogens with two attached hydrogens (primary N) is 1. The molecule has 0 fully saturated rings. The van der Waals surface area contributed by atoms with Gasteiger partial charge in [0.05, 0.1) is 28.6 Å². The second-order valence-corrected chi connectivity index (χ2v) is 4.49. The van der Waals surface area contributed by atoms with Crippen molar-refractivity contribution < 1.29 is 4.74 Å². The summed E-state index contributed by atoms with van der Waals surface area (Å²) in [5, 5.41) is 4.69. The zero-order valence-corrected chi connectivity index (χ0v) is 11.1. The van der Waals surface area contributed by atoms with Crippen molar-refractivity contribution in [2.24, 2.45) is 12.8 Å². The Morgan fingerprint density at radius 2 is 2.25 bits per heavy atom. The van der Waals surface area contributed by atoms with E-state index in [2.05, 4.69) is 12.0 Å². The van der Waals surface area contributed by atoms with Gasteiger partial charge in [-0.05, 0) is 20.3 Å². The van der Waals surface area contributed by atoms with Crippen LogP contribution in [-0.2, 0) is 11.8 Å². The molecule has 5 heteroatoms. The Balaban J connectivity index is 3.04. The normalized spacial score (nSPS) is 17.1. The van der Waals surface area contributed by atoms with Gasteiger partial charge in [0.25, 0.3) is 0 Å². The summed E-state index contributed by atoms with van der Waals surface area (Å²) in [7, 11) is 1.84. The molecule has 0 aliphatic heterocycles. The number of aryl methyl sites for hydroxylation is 1. The van der Waals surface area contributed by atoms with E-state index in [0.29, 0.717) is 11.6 Å². The summed E-state index contributed by atoms with van der Waals surface area (Å²) in [5.74, 6) is 0. The SMILES string of the molecule is CCOC(C)(CC)C(N)c1c(Cl)cnn1C. The minimum Gasteiger partial charge on any atom is -0.374 e. The van der Waals surface area contributed by atoms with Crippen molar-refractivity contribution in [2.75, 3.05) is 6.61 Å². The Morgan fingerprint density at radius 1 is 1.62 bits per heavy atom. The van der Waals surface area contributed by atoms with Gasteiger partial charge < -0.3 is 10.5 Å². The summed E-state index contributed by atoms with van der Waals surface area (Å²) in [6, 6.07) is -0.280. The largest absolute Gasteiger partial charge is 0.374 e. The summed E-state index contributed by atoms with van der Waals surface area (Å²) in [6.45, 7) is 6.66. The van der Waals surface area contributed by atoms with Crippen LogP contribution in [-0.4, -0.2) is 22.0 Å². The van der Waals surface area contributed by atoms with Gasteiger partial charge in [-0.25, -0.2) is 0 Å². The highest BCUT2D eigenvalue weighted by molar-refractivity contribution is 6.31. The molecule has 0 spiro atoms. The third-order valence-corrected chi connectivity index (χ3v) is 3.36. The van der Waals surface area contributed by atoms with Crippen LogP contribution in [0.5, 0.6) is 0 Å². The van der Waals surface area contributed by atoms with E-state index < -0.39 is 5.60 Å². The molecule has 1 aromatic rings. The number of ether oxygens (including phenoxy) is 1. The molecule has 2 unspecified atom stereocenters. The lowest BCUT2D eigenvalue weighted by atomic mass is 9.91. The Morgan fingerprint density at radius 3 is 2.62 bits per heavy atom. The number of hydrogen-bond acceptors (Lipinski definition) is 3. The fourth-order valence-corrected chi connectivity index (χ4v) is 2.08. The maximum atomic E-state index is 6.25. The van der Waals surface area contributed by atoms with Gasteiger partial charge in [-0.15, -0.1) is 0 Å². The monoisotopic (exact) mass is 245 g/mol. The van der Waals surface area contributed by atoms with E-state index in [-0.39, 0.29) is 6.04 Å². The Kier molecular flexibility index (Phi) is 4.35. The number of rotatable bonds is 5. The highest BCUT2D eigenvalue weighted by Crippen LogP contribution is 2.33. The van der Waals surface area contributed by atoms with Crippen molar-refractivity contribution in [2.45, 2.75) is 38.8 Å². The lowest BCUT2D eigenvalue weighted by Crippen LogP contribution is -2.41. The molecule has 1 rings (SSSR count). The predicted octanol–water partition coefficient (Wildman–Crippen LogP) is 2.28. The molecule has 0 saturated heterocycles. The second kappa shape index (κ2) is 5.17. The number of halogens is 1. The van der Waals surface area contributed by atoms with Gasteiger partial charge in [0.1, 0.15) is 0 Å². The second-order valence-electron chi connectivity index (χ2n) is 4.08. The lowest BCUT2D eigenvalue weighted by molar-refractivity contribution is -0.0488. The van der Waals surface area contributed by atoms with Crippen molar-refractivity contribution >= 4 is 11.6 Å². The zero-order chi connectivity index (χ0) is 12.3. The molecule has 4 nitrogen and oxygen atoms in total. The molecular weight excluding hydrogens is 226 g/mol. The fraction of sp³-hybridized carbons (Fsp3) is 0.727. The molecule has 2 N–H and O–H groups in total. The molecule has 0 bridgehead atoms. The van der Waals surface area contributed by atoms with Crippen LogP contribution in [0.3, 0.4) is 0 Å². The summed E-state index contributed by atoms with van der Waals surface area (Å²) < 4.78 is 7.46. The number of aromatic nitrogens is 2. The fourth-order valence-electron chi connectivity index (χ4n) is 1.80. The van der Waals surface area contributed by atoms with E-state index in [0.717, 1.165) is 12.1 Å². The van der Waals surface area contributed by atoms with Crippen LogP contribution in [0, 0.1) is 0 Å². The quantitative estimate of drug-likeness (QED) is 0.866. The van der Waals surface area contributed by atoms with Gasteiger partial charge >= 0.3 is 0 Å². The van der Waals surface area contributed by atoms with Gasteiger partial charge in [0.15, 0.2) is 0 Å². The van der Waals surface area contributed by atoms with Crippen LogP contribution in [0.25, 0.3) is 0 Å². The average molecular weight is 246 g/mol. The molecule has 0 aliphatic carbocycles. The highest BCUT2D eigenvalue weighted by atomic mass is 35.5. The maximum Gasteiger partial charge on any atom is 0.0859 e. The molecule has 16 heavy (non-hydrogen) atoms. The minimum atomic E-state index is -0.411. The summed E-state index contributed by atoms with van der Waals surface area (Å²) in [4.78, 5) is 0. The predicted molar refractivity (Wildman–Crippen MR) is 65.5 cm³/mol. The molecule has 0 aliphatic rings. The standard InChI is InChI=1S/C11H20ClN3O/c1-5-11(3,16-6-2)10(13)9-8(12)7-14-15(9)4/h7,10H,5-6,13H2,1-4H3. The number of hydrogen-bond donors (Lipinski definition) is 1. The molecule has 0 saturated carbocycles. The third kappa shape index (κ3) is 2.39. The molecule has 92 valence electrons. The van der Waals surface area contributed by atoms with E-state index >= 15 is 0 Å². The highest BCUT2D eigenvalue weighted by Gasteiger charge is 2.34. The van der Waals surface area contributed by atoms with Crippen LogP contribution < -0.4 is 5.73 Å². The molecule has 0 radical (unpaired) electrons. The molecule has 0 aromatic carbocycles. The van der Waals surface area contributed by atoms with Gasteiger partial charge in [-0.1, -0.05) is 18.5 Å². The van der Waals surface area contributed by atoms with Crippen molar-refractivity contribution in [3.8, 4) is 0 Å². The van der Waals surface area contributed by atoms with Crippen LogP contribution in [0.4, 0.5) is 0 Å². The van der Waals surface area contributed by atoms with Crippen molar-refractivity contribution in [1.82, 2.24) is 9.78 Å². The van der Waals surface area contributed by atoms with Gasteiger partial charge in [0, 0.05) is 13.7 Å². The molecule has 2 atom stereocenters. The van der Waals surface area contributed by atoms with Crippen LogP contribution >= 0.6 is 11.6 Å². The zero-order valence-electron chi connectivity index (χ0n) is 10.3. The van der Waals surface area contributed by atoms with Crippen molar-refractivity contribution in [3.63, 3.8) is 0 Å². The van der Waals surface area contributed by atoms with Crippen LogP contribution in [0.15, 0.2) is 6.20 Å². The Hall–Kier alpha value is -0.580. The smallest absolute Gasteiger partial charge is 0.0859 e. The molecule has 1 heterocycles. The first-order valence-electron chi connectivity index (χ1n) is 5.53. The summed E-state index contributed by atoms with van der Waals surface area (Å²) >= 11 is 6.08. The number of nitrogens with zero attached hydrogens (tertiary/aromatic N) is 2. The Bertz CT molecular complexity index is 333. The van der Waals surface area contributed by atoms with Crippen LogP contribution in [0.1, 0.15) is 38.9 Å². The summed E-state index contributed by atoms with van der Waals surface area (Å²) in [5.41, 5.74) is 6.65. The van der Waals surface area contributed by atoms with E-state index in [9.17, 15) is 0 Å². The van der Waals surface area contributed by atoms with E-state index in [1.165, 1.54) is 0 Å². The first kappa shape index (κ1) is 13.5. The Labute approximate surface area is 102 Å². The summed E-state index contributed by atoms with van der Waals surface area (Å²) in [6.07, 6.45) is 2.43. The molecule has 1 aromatic heterocycles. The molecule has 0 amide bonds. The van der Waals surface area contributed by atoms with Crippen molar-refractivity contribution in [1.29, 1.82) is 0 Å². The lowest BCUT2D eigenvalue weighted by Gasteiger charge is -2.34. The molecular formula is C11H20ClN3O. The first-order valence-corrected chi connectivity index (χ1v) is 5.91. The van der Waals surface area contributed by atoms with Crippen LogP contribution in [0.2, 0.25) is 5.02 Å². The van der Waals surface area contributed by atoms with Gasteiger partial charge in [-0.2, -0.15) is 5.10 Å². The van der Waals surface area contributed by atoms with Crippen molar-refractivity contribution in [3.05, 3.63) is 16.9 Å². The van der Waals surface area contributed by atoms with Gasteiger partial charge in [-0.3, -0.25) is 4.68 Å². The maximum absolute atomic E-state index is 6.25. The van der Waals surface area contributed by atoms with Gasteiger partial charge in [0.2, 0.25) is 0 Å². The topological polar surface area (TPSA) is 53.1 Å². The average Bonchev–Trinajstić information content (AvgIpc) is 2.58. The van der Waals surface area contributed by atoms with E-state index in [1.54, 1.807) is 10.9 Å².